The summed E-state index contributed by atoms with van der Waals surface area (Å²) in [5.74, 6) is 1.55. The fourth-order valence-corrected chi connectivity index (χ4v) is 8.87. The molecule has 0 aliphatic rings. The van der Waals surface area contributed by atoms with Gasteiger partial charge in [-0.05, 0) is 68.9 Å². The van der Waals surface area contributed by atoms with E-state index in [0.29, 0.717) is 17.5 Å². The Kier molecular flexibility index (Phi) is 7.78. The normalized spacial score (nSPS) is 11.7. The summed E-state index contributed by atoms with van der Waals surface area (Å²) < 4.78 is 13.2. The van der Waals surface area contributed by atoms with Gasteiger partial charge in [-0.15, -0.1) is 0 Å². The Labute approximate surface area is 344 Å². The molecular formula is C55H33N3O2. The zero-order chi connectivity index (χ0) is 39.6. The summed E-state index contributed by atoms with van der Waals surface area (Å²) in [5, 5.41) is 6.46. The van der Waals surface area contributed by atoms with Gasteiger partial charge in [0.1, 0.15) is 22.3 Å². The first-order valence-corrected chi connectivity index (χ1v) is 20.1. The molecule has 0 fully saturated rings. The molecular weight excluding hydrogens is 735 g/mol. The zero-order valence-corrected chi connectivity index (χ0v) is 32.2. The summed E-state index contributed by atoms with van der Waals surface area (Å²) in [7, 11) is 0. The lowest BCUT2D eigenvalue weighted by Gasteiger charge is -2.21. The van der Waals surface area contributed by atoms with Crippen LogP contribution in [0.5, 0.6) is 0 Å². The predicted molar refractivity (Wildman–Crippen MR) is 245 cm³/mol. The smallest absolute Gasteiger partial charge is 0.167 e. The molecule has 0 N–H and O–H groups in total. The van der Waals surface area contributed by atoms with Gasteiger partial charge in [0.05, 0.1) is 11.1 Å². The van der Waals surface area contributed by atoms with Crippen LogP contribution in [0.25, 0.3) is 122 Å². The van der Waals surface area contributed by atoms with Gasteiger partial charge < -0.3 is 8.83 Å². The Morgan fingerprint density at radius 2 is 0.667 bits per heavy atom. The number of hydrogen-bond acceptors (Lipinski definition) is 5. The highest BCUT2D eigenvalue weighted by molar-refractivity contribution is 6.11. The van der Waals surface area contributed by atoms with Crippen molar-refractivity contribution in [1.29, 1.82) is 0 Å². The van der Waals surface area contributed by atoms with Crippen LogP contribution < -0.4 is 0 Å². The molecule has 0 atom stereocenters. The molecule has 12 rings (SSSR count). The van der Waals surface area contributed by atoms with Crippen molar-refractivity contribution in [3.63, 3.8) is 0 Å². The van der Waals surface area contributed by atoms with Crippen LogP contribution in [-0.4, -0.2) is 15.0 Å². The van der Waals surface area contributed by atoms with E-state index in [0.717, 1.165) is 93.9 Å². The average molecular weight is 768 g/mol. The Hall–Kier alpha value is -8.15. The molecule has 5 nitrogen and oxygen atoms in total. The maximum Gasteiger partial charge on any atom is 0.167 e. The molecule has 0 unspecified atom stereocenters. The van der Waals surface area contributed by atoms with Crippen molar-refractivity contribution >= 4 is 54.6 Å². The minimum absolute atomic E-state index is 0.506. The van der Waals surface area contributed by atoms with Crippen molar-refractivity contribution < 1.29 is 8.83 Å². The summed E-state index contributed by atoms with van der Waals surface area (Å²) in [6.07, 6.45) is 0. The van der Waals surface area contributed by atoms with E-state index in [4.69, 9.17) is 23.8 Å². The van der Waals surface area contributed by atoms with Crippen molar-refractivity contribution in [3.05, 3.63) is 200 Å². The van der Waals surface area contributed by atoms with Crippen LogP contribution in [0.3, 0.4) is 0 Å². The molecule has 3 heterocycles. The van der Waals surface area contributed by atoms with Crippen molar-refractivity contribution in [1.82, 2.24) is 15.0 Å². The molecule has 0 saturated carbocycles. The monoisotopic (exact) mass is 767 g/mol. The number of para-hydroxylation sites is 4. The van der Waals surface area contributed by atoms with Crippen LogP contribution >= 0.6 is 0 Å². The molecule has 60 heavy (non-hydrogen) atoms. The molecule has 0 radical (unpaired) electrons. The highest BCUT2D eigenvalue weighted by atomic mass is 16.3. The Balaban J connectivity index is 1.19. The number of rotatable bonds is 6. The van der Waals surface area contributed by atoms with E-state index in [-0.39, 0.29) is 0 Å². The van der Waals surface area contributed by atoms with E-state index in [2.05, 4.69) is 140 Å². The SMILES string of the molecule is c1ccc(-c2c(-c3nc(-c4cccc5c4oc4ccccc45)nc(-c4cccc5c4oc4ccccc45)n3)ccc(-c3cccc4ccccc34)c2-c2ccccc2)cc1. The number of aromatic nitrogens is 3. The van der Waals surface area contributed by atoms with Crippen LogP contribution in [0.15, 0.2) is 209 Å². The van der Waals surface area contributed by atoms with E-state index in [1.165, 1.54) is 10.8 Å². The molecule has 0 aliphatic heterocycles. The number of furan rings is 2. The first-order valence-electron chi connectivity index (χ1n) is 20.1. The van der Waals surface area contributed by atoms with Crippen LogP contribution in [0.4, 0.5) is 0 Å². The Morgan fingerprint density at radius 1 is 0.267 bits per heavy atom. The maximum atomic E-state index is 6.59. The topological polar surface area (TPSA) is 65.0 Å². The summed E-state index contributed by atoms with van der Waals surface area (Å²) in [5.41, 5.74) is 12.0. The summed E-state index contributed by atoms with van der Waals surface area (Å²) >= 11 is 0. The summed E-state index contributed by atoms with van der Waals surface area (Å²) in [6, 6.07) is 69.3. The molecule has 0 amide bonds. The molecule has 0 saturated heterocycles. The summed E-state index contributed by atoms with van der Waals surface area (Å²) in [6.45, 7) is 0. The van der Waals surface area contributed by atoms with Crippen molar-refractivity contribution in [2.75, 3.05) is 0 Å². The van der Waals surface area contributed by atoms with Gasteiger partial charge >= 0.3 is 0 Å². The molecule has 3 aromatic heterocycles. The van der Waals surface area contributed by atoms with Gasteiger partial charge in [0.2, 0.25) is 0 Å². The quantitative estimate of drug-likeness (QED) is 0.169. The van der Waals surface area contributed by atoms with Gasteiger partial charge in [-0.3, -0.25) is 0 Å². The molecule has 0 bridgehead atoms. The Bertz CT molecular complexity index is 3470. The summed E-state index contributed by atoms with van der Waals surface area (Å²) in [4.78, 5) is 16.1. The average Bonchev–Trinajstić information content (AvgIpc) is 3.90. The molecule has 5 heteroatoms. The lowest BCUT2D eigenvalue weighted by atomic mass is 9.83. The molecule has 0 spiro atoms. The van der Waals surface area contributed by atoms with Crippen LogP contribution in [0.1, 0.15) is 0 Å². The predicted octanol–water partition coefficient (Wildman–Crippen LogP) is 14.8. The second-order valence-electron chi connectivity index (χ2n) is 15.0. The highest BCUT2D eigenvalue weighted by Crippen LogP contribution is 2.47. The van der Waals surface area contributed by atoms with Crippen molar-refractivity contribution in [2.45, 2.75) is 0 Å². The lowest BCUT2D eigenvalue weighted by Crippen LogP contribution is -2.03. The third kappa shape index (κ3) is 5.44. The van der Waals surface area contributed by atoms with Gasteiger partial charge in [-0.2, -0.15) is 0 Å². The standard InChI is InChI=1S/C55H33N3O2/c1-3-17-35(18-4-1)49-41(38-25-13-21-34-16-7-8-22-37(34)38)32-33-44(50(49)36-19-5-2-6-20-36)53-56-54(45-28-14-26-42-39-23-9-11-30-47(39)59-51(42)45)58-55(57-53)46-29-15-27-43-40-24-10-12-31-48(40)60-52(43)46/h1-33H. The molecule has 0 aliphatic carbocycles. The lowest BCUT2D eigenvalue weighted by molar-refractivity contribution is 0.669. The number of hydrogen-bond donors (Lipinski definition) is 0. The third-order valence-electron chi connectivity index (χ3n) is 11.6. The fourth-order valence-electron chi connectivity index (χ4n) is 8.87. The van der Waals surface area contributed by atoms with E-state index in [9.17, 15) is 0 Å². The van der Waals surface area contributed by atoms with Gasteiger partial charge in [0.15, 0.2) is 17.5 Å². The van der Waals surface area contributed by atoms with E-state index in [1.54, 1.807) is 0 Å². The first-order chi connectivity index (χ1) is 29.8. The minimum atomic E-state index is 0.506. The minimum Gasteiger partial charge on any atom is -0.455 e. The van der Waals surface area contributed by atoms with Crippen molar-refractivity contribution in [3.8, 4) is 67.5 Å². The number of benzene rings is 9. The Morgan fingerprint density at radius 3 is 1.25 bits per heavy atom. The first kappa shape index (κ1) is 33.9. The second-order valence-corrected chi connectivity index (χ2v) is 15.0. The van der Waals surface area contributed by atoms with Crippen LogP contribution in [0, 0.1) is 0 Å². The van der Waals surface area contributed by atoms with Crippen molar-refractivity contribution in [2.24, 2.45) is 0 Å². The number of fused-ring (bicyclic) bond motifs is 7. The van der Waals surface area contributed by atoms with Gasteiger partial charge in [-0.1, -0.05) is 170 Å². The maximum absolute atomic E-state index is 6.59. The largest absolute Gasteiger partial charge is 0.455 e. The van der Waals surface area contributed by atoms with Gasteiger partial charge in [0.25, 0.3) is 0 Å². The zero-order valence-electron chi connectivity index (χ0n) is 32.2. The third-order valence-corrected chi connectivity index (χ3v) is 11.6. The van der Waals surface area contributed by atoms with E-state index >= 15 is 0 Å². The molecule has 12 aromatic rings. The fraction of sp³-hybridized carbons (Fsp3) is 0. The van der Waals surface area contributed by atoms with Crippen LogP contribution in [-0.2, 0) is 0 Å². The highest BCUT2D eigenvalue weighted by Gasteiger charge is 2.25. The van der Waals surface area contributed by atoms with E-state index < -0.39 is 0 Å². The second kappa shape index (κ2) is 13.8. The molecule has 280 valence electrons. The molecule has 9 aromatic carbocycles. The van der Waals surface area contributed by atoms with Crippen LogP contribution in [0.2, 0.25) is 0 Å². The van der Waals surface area contributed by atoms with Gasteiger partial charge in [0, 0.05) is 32.7 Å². The number of nitrogens with zero attached hydrogens (tertiary/aromatic N) is 3. The van der Waals surface area contributed by atoms with E-state index in [1.807, 2.05) is 60.7 Å². The van der Waals surface area contributed by atoms with Gasteiger partial charge in [-0.25, -0.2) is 15.0 Å².